The Morgan fingerprint density at radius 3 is 2.65 bits per heavy atom. The molecular weight excluding hydrogens is 300 g/mol. The summed E-state index contributed by atoms with van der Waals surface area (Å²) in [4.78, 5) is 38.4. The van der Waals surface area contributed by atoms with Crippen LogP contribution in [0.5, 0.6) is 5.75 Å². The van der Waals surface area contributed by atoms with Gasteiger partial charge in [-0.1, -0.05) is 6.07 Å². The standard InChI is InChI=1S/C16H12N2O5/c1-23-11-4-2-3-10(8-11)18-14(19)12-6-5-9(15(20)21)7-13(12)17-16(18)22/h2-8H,1H3,(H,17,22)(H,20,21). The zero-order chi connectivity index (χ0) is 16.6. The van der Waals surface area contributed by atoms with Crippen molar-refractivity contribution in [2.24, 2.45) is 0 Å². The van der Waals surface area contributed by atoms with Gasteiger partial charge < -0.3 is 14.8 Å². The van der Waals surface area contributed by atoms with Gasteiger partial charge in [0.2, 0.25) is 0 Å². The molecule has 0 saturated heterocycles. The van der Waals surface area contributed by atoms with Crippen LogP contribution in [0.25, 0.3) is 16.6 Å². The Morgan fingerprint density at radius 2 is 1.96 bits per heavy atom. The summed E-state index contributed by atoms with van der Waals surface area (Å²) >= 11 is 0. The number of carboxylic acid groups (broad SMARTS) is 1. The molecule has 0 fully saturated rings. The lowest BCUT2D eigenvalue weighted by atomic mass is 10.1. The van der Waals surface area contributed by atoms with Gasteiger partial charge in [-0.15, -0.1) is 0 Å². The SMILES string of the molecule is COc1cccc(-n2c(=O)[nH]c3cc(C(=O)O)ccc3c2=O)c1. The molecule has 116 valence electrons. The second-order valence-corrected chi connectivity index (χ2v) is 4.84. The van der Waals surface area contributed by atoms with Gasteiger partial charge in [0.1, 0.15) is 5.75 Å². The van der Waals surface area contributed by atoms with E-state index in [0.29, 0.717) is 11.4 Å². The summed E-state index contributed by atoms with van der Waals surface area (Å²) in [5.74, 6) is -0.625. The molecule has 23 heavy (non-hydrogen) atoms. The molecule has 3 rings (SSSR count). The first kappa shape index (κ1) is 14.6. The molecule has 0 aliphatic rings. The molecule has 1 heterocycles. The fourth-order valence-electron chi connectivity index (χ4n) is 2.34. The number of hydrogen-bond acceptors (Lipinski definition) is 4. The highest BCUT2D eigenvalue weighted by molar-refractivity contribution is 5.92. The second-order valence-electron chi connectivity index (χ2n) is 4.84. The monoisotopic (exact) mass is 312 g/mol. The normalized spacial score (nSPS) is 10.7. The Balaban J connectivity index is 2.31. The van der Waals surface area contributed by atoms with Crippen LogP contribution in [0.2, 0.25) is 0 Å². The minimum absolute atomic E-state index is 0.00770. The number of nitrogens with one attached hydrogen (secondary N) is 1. The summed E-state index contributed by atoms with van der Waals surface area (Å²) in [6, 6.07) is 10.5. The number of methoxy groups -OCH3 is 1. The largest absolute Gasteiger partial charge is 0.497 e. The fourth-order valence-corrected chi connectivity index (χ4v) is 2.34. The van der Waals surface area contributed by atoms with Crippen molar-refractivity contribution in [3.05, 3.63) is 68.9 Å². The molecular formula is C16H12N2O5. The zero-order valence-electron chi connectivity index (χ0n) is 12.1. The maximum Gasteiger partial charge on any atom is 0.335 e. The Hall–Kier alpha value is -3.35. The van der Waals surface area contributed by atoms with E-state index in [-0.39, 0.29) is 16.5 Å². The van der Waals surface area contributed by atoms with Crippen molar-refractivity contribution in [2.45, 2.75) is 0 Å². The number of aromatic amines is 1. The van der Waals surface area contributed by atoms with E-state index in [1.807, 2.05) is 0 Å². The number of carbonyl (C=O) groups is 1. The number of hydrogen-bond donors (Lipinski definition) is 2. The van der Waals surface area contributed by atoms with Crippen molar-refractivity contribution in [2.75, 3.05) is 7.11 Å². The summed E-state index contributed by atoms with van der Waals surface area (Å²) < 4.78 is 6.07. The van der Waals surface area contributed by atoms with Crippen LogP contribution in [0.15, 0.2) is 52.1 Å². The van der Waals surface area contributed by atoms with Crippen LogP contribution in [-0.2, 0) is 0 Å². The summed E-state index contributed by atoms with van der Waals surface area (Å²) in [6.45, 7) is 0. The number of carboxylic acids is 1. The Morgan fingerprint density at radius 1 is 1.17 bits per heavy atom. The smallest absolute Gasteiger partial charge is 0.335 e. The number of H-pyrrole nitrogens is 1. The van der Waals surface area contributed by atoms with Crippen LogP contribution in [0, 0.1) is 0 Å². The molecule has 2 aromatic carbocycles. The summed E-state index contributed by atoms with van der Waals surface area (Å²) in [7, 11) is 1.49. The maximum absolute atomic E-state index is 12.6. The first-order valence-electron chi connectivity index (χ1n) is 6.68. The van der Waals surface area contributed by atoms with Crippen molar-refractivity contribution < 1.29 is 14.6 Å². The minimum Gasteiger partial charge on any atom is -0.497 e. The lowest BCUT2D eigenvalue weighted by molar-refractivity contribution is 0.0697. The van der Waals surface area contributed by atoms with Gasteiger partial charge in [-0.25, -0.2) is 14.2 Å². The molecule has 3 aromatic rings. The molecule has 0 unspecified atom stereocenters. The molecule has 7 heteroatoms. The highest BCUT2D eigenvalue weighted by Gasteiger charge is 2.12. The van der Waals surface area contributed by atoms with Gasteiger partial charge in [0, 0.05) is 6.07 Å². The van der Waals surface area contributed by atoms with Gasteiger partial charge in [0.05, 0.1) is 29.3 Å². The van der Waals surface area contributed by atoms with Gasteiger partial charge in [0.25, 0.3) is 5.56 Å². The molecule has 0 atom stereocenters. The predicted octanol–water partition coefficient (Wildman–Crippen LogP) is 1.39. The van der Waals surface area contributed by atoms with Crippen LogP contribution in [-0.4, -0.2) is 27.7 Å². The van der Waals surface area contributed by atoms with Crippen molar-refractivity contribution in [3.8, 4) is 11.4 Å². The van der Waals surface area contributed by atoms with Gasteiger partial charge in [-0.05, 0) is 30.3 Å². The van der Waals surface area contributed by atoms with Crippen molar-refractivity contribution in [3.63, 3.8) is 0 Å². The average Bonchev–Trinajstić information content (AvgIpc) is 2.54. The number of aromatic carboxylic acids is 1. The van der Waals surface area contributed by atoms with E-state index in [1.54, 1.807) is 24.3 Å². The number of aromatic nitrogens is 2. The van der Waals surface area contributed by atoms with Crippen LogP contribution < -0.4 is 16.0 Å². The minimum atomic E-state index is -1.13. The molecule has 2 N–H and O–H groups in total. The number of fused-ring (bicyclic) bond motifs is 1. The molecule has 0 spiro atoms. The Bertz CT molecular complexity index is 1030. The first-order chi connectivity index (χ1) is 11.0. The highest BCUT2D eigenvalue weighted by Crippen LogP contribution is 2.15. The second kappa shape index (κ2) is 5.45. The van der Waals surface area contributed by atoms with E-state index in [0.717, 1.165) is 4.57 Å². The van der Waals surface area contributed by atoms with Gasteiger partial charge in [-0.2, -0.15) is 0 Å². The predicted molar refractivity (Wildman–Crippen MR) is 83.7 cm³/mol. The first-order valence-corrected chi connectivity index (χ1v) is 6.68. The van der Waals surface area contributed by atoms with Crippen LogP contribution >= 0.6 is 0 Å². The lowest BCUT2D eigenvalue weighted by Gasteiger charge is -2.08. The fraction of sp³-hybridized carbons (Fsp3) is 0.0625. The molecule has 7 nitrogen and oxygen atoms in total. The van der Waals surface area contributed by atoms with E-state index >= 15 is 0 Å². The molecule has 0 amide bonds. The third-order valence-electron chi connectivity index (χ3n) is 3.46. The Kier molecular flexibility index (Phi) is 3.46. The van der Waals surface area contributed by atoms with Crippen LogP contribution in [0.1, 0.15) is 10.4 Å². The molecule has 1 aromatic heterocycles. The quantitative estimate of drug-likeness (QED) is 0.761. The molecule has 0 saturated carbocycles. The number of rotatable bonds is 3. The summed E-state index contributed by atoms with van der Waals surface area (Å²) in [5.41, 5.74) is -0.655. The highest BCUT2D eigenvalue weighted by atomic mass is 16.5. The van der Waals surface area contributed by atoms with Gasteiger partial charge in [0.15, 0.2) is 0 Å². The molecule has 0 aliphatic heterocycles. The third kappa shape index (κ3) is 2.48. The van der Waals surface area contributed by atoms with Crippen molar-refractivity contribution in [1.29, 1.82) is 0 Å². The number of ether oxygens (including phenoxy) is 1. The van der Waals surface area contributed by atoms with E-state index < -0.39 is 17.2 Å². The number of nitrogens with zero attached hydrogens (tertiary/aromatic N) is 1. The molecule has 0 radical (unpaired) electrons. The number of benzene rings is 2. The van der Waals surface area contributed by atoms with E-state index in [4.69, 9.17) is 9.84 Å². The van der Waals surface area contributed by atoms with Gasteiger partial charge in [-0.3, -0.25) is 4.79 Å². The van der Waals surface area contributed by atoms with Crippen LogP contribution in [0.4, 0.5) is 0 Å². The third-order valence-corrected chi connectivity index (χ3v) is 3.46. The van der Waals surface area contributed by atoms with E-state index in [9.17, 15) is 14.4 Å². The maximum atomic E-state index is 12.6. The van der Waals surface area contributed by atoms with Crippen molar-refractivity contribution in [1.82, 2.24) is 9.55 Å². The van der Waals surface area contributed by atoms with Crippen LogP contribution in [0.3, 0.4) is 0 Å². The molecule has 0 bridgehead atoms. The Labute approximate surface area is 129 Å². The zero-order valence-corrected chi connectivity index (χ0v) is 12.1. The van der Waals surface area contributed by atoms with E-state index in [1.165, 1.54) is 25.3 Å². The van der Waals surface area contributed by atoms with E-state index in [2.05, 4.69) is 4.98 Å². The summed E-state index contributed by atoms with van der Waals surface area (Å²) in [6.07, 6.45) is 0. The molecule has 0 aliphatic carbocycles. The lowest BCUT2D eigenvalue weighted by Crippen LogP contribution is -2.33. The topological polar surface area (TPSA) is 101 Å². The summed E-state index contributed by atoms with van der Waals surface area (Å²) in [5, 5.41) is 9.20. The van der Waals surface area contributed by atoms with Crippen molar-refractivity contribution >= 4 is 16.9 Å². The van der Waals surface area contributed by atoms with Gasteiger partial charge >= 0.3 is 11.7 Å². The average molecular weight is 312 g/mol.